The van der Waals surface area contributed by atoms with Crippen LogP contribution in [0.25, 0.3) is 0 Å². The minimum atomic E-state index is 0.155. The summed E-state index contributed by atoms with van der Waals surface area (Å²) in [5.41, 5.74) is 0.155. The fourth-order valence-electron chi connectivity index (χ4n) is 2.54. The van der Waals surface area contributed by atoms with Crippen LogP contribution in [0.2, 0.25) is 0 Å². The van der Waals surface area contributed by atoms with Gasteiger partial charge in [-0.1, -0.05) is 30.2 Å². The van der Waals surface area contributed by atoms with Crippen molar-refractivity contribution in [3.8, 4) is 0 Å². The molecule has 0 spiro atoms. The van der Waals surface area contributed by atoms with Gasteiger partial charge < -0.3 is 4.90 Å². The van der Waals surface area contributed by atoms with E-state index in [0.29, 0.717) is 18.6 Å². The summed E-state index contributed by atoms with van der Waals surface area (Å²) >= 11 is 0. The third kappa shape index (κ3) is 5.37. The Kier molecular flexibility index (Phi) is 5.78. The number of nitrogens with zero attached hydrogens (tertiary/aromatic N) is 3. The maximum atomic E-state index is 12.3. The number of likely N-dealkylation sites (N-methyl/N-ethyl adjacent to an activating group) is 1. The molecule has 1 amide bonds. The quantitative estimate of drug-likeness (QED) is 0.739. The van der Waals surface area contributed by atoms with Gasteiger partial charge >= 0.3 is 0 Å². The Labute approximate surface area is 120 Å². The molecular formula is C14H30N3OP. The van der Waals surface area contributed by atoms with Gasteiger partial charge in [-0.2, -0.15) is 0 Å². The second kappa shape index (κ2) is 6.51. The lowest BCUT2D eigenvalue weighted by Crippen LogP contribution is -2.55. The summed E-state index contributed by atoms with van der Waals surface area (Å²) in [6.07, 6.45) is 0. The highest BCUT2D eigenvalue weighted by Crippen LogP contribution is 2.19. The standard InChI is InChI=1S/C14H30N3OP/c1-11-8-17(19)12(2)7-16(11)9-13(18)15(6)10-14(3,4)5/h11-12H,7-10,19H2,1-6H3/t11-,12+/m0/s1. The minimum Gasteiger partial charge on any atom is -0.344 e. The molecule has 4 nitrogen and oxygen atoms in total. The predicted octanol–water partition coefficient (Wildman–Crippen LogP) is 1.68. The molecular weight excluding hydrogens is 257 g/mol. The van der Waals surface area contributed by atoms with E-state index in [-0.39, 0.29) is 11.3 Å². The van der Waals surface area contributed by atoms with Crippen LogP contribution in [0.5, 0.6) is 0 Å². The number of carbonyl (C=O) groups is 1. The molecule has 0 radical (unpaired) electrons. The highest BCUT2D eigenvalue weighted by Gasteiger charge is 2.29. The molecule has 1 aliphatic heterocycles. The summed E-state index contributed by atoms with van der Waals surface area (Å²) in [5, 5.41) is 0. The Morgan fingerprint density at radius 3 is 2.37 bits per heavy atom. The highest BCUT2D eigenvalue weighted by atomic mass is 31.0. The van der Waals surface area contributed by atoms with Gasteiger partial charge in [0.1, 0.15) is 0 Å². The molecule has 1 rings (SSSR count). The molecule has 1 fully saturated rings. The molecule has 0 N–H and O–H groups in total. The van der Waals surface area contributed by atoms with E-state index in [9.17, 15) is 4.79 Å². The van der Waals surface area contributed by atoms with Crippen molar-refractivity contribution < 1.29 is 4.79 Å². The summed E-state index contributed by atoms with van der Waals surface area (Å²) < 4.78 is 2.28. The van der Waals surface area contributed by atoms with Gasteiger partial charge in [-0.15, -0.1) is 0 Å². The third-order valence-corrected chi connectivity index (χ3v) is 4.36. The molecule has 3 atom stereocenters. The Morgan fingerprint density at radius 1 is 1.26 bits per heavy atom. The molecule has 0 aromatic heterocycles. The van der Waals surface area contributed by atoms with E-state index in [0.717, 1.165) is 19.6 Å². The zero-order chi connectivity index (χ0) is 14.8. The van der Waals surface area contributed by atoms with Crippen LogP contribution < -0.4 is 0 Å². The van der Waals surface area contributed by atoms with E-state index >= 15 is 0 Å². The van der Waals surface area contributed by atoms with Crippen molar-refractivity contribution in [1.29, 1.82) is 0 Å². The molecule has 1 saturated heterocycles. The van der Waals surface area contributed by atoms with E-state index in [4.69, 9.17) is 0 Å². The SMILES string of the molecule is C[C@@H]1CN(CC(=O)N(C)CC(C)(C)C)[C@@H](C)CN1P. The molecule has 5 heteroatoms. The van der Waals surface area contributed by atoms with Crippen LogP contribution >= 0.6 is 9.39 Å². The normalized spacial score (nSPS) is 26.5. The van der Waals surface area contributed by atoms with Crippen molar-refractivity contribution >= 4 is 15.3 Å². The molecule has 0 bridgehead atoms. The van der Waals surface area contributed by atoms with Crippen molar-refractivity contribution in [3.63, 3.8) is 0 Å². The summed E-state index contributed by atoms with van der Waals surface area (Å²) in [7, 11) is 4.70. The monoisotopic (exact) mass is 287 g/mol. The number of hydrogen-bond acceptors (Lipinski definition) is 3. The van der Waals surface area contributed by atoms with Crippen LogP contribution in [0.1, 0.15) is 34.6 Å². The average molecular weight is 287 g/mol. The Bertz CT molecular complexity index is 316. The smallest absolute Gasteiger partial charge is 0.236 e. The molecule has 1 heterocycles. The number of carbonyl (C=O) groups excluding carboxylic acids is 1. The lowest BCUT2D eigenvalue weighted by molar-refractivity contribution is -0.133. The van der Waals surface area contributed by atoms with Crippen molar-refractivity contribution in [2.45, 2.75) is 46.7 Å². The van der Waals surface area contributed by atoms with E-state index in [1.54, 1.807) is 0 Å². The van der Waals surface area contributed by atoms with Gasteiger partial charge in [-0.3, -0.25) is 14.4 Å². The maximum Gasteiger partial charge on any atom is 0.236 e. The first-order valence-electron chi connectivity index (χ1n) is 7.09. The van der Waals surface area contributed by atoms with E-state index in [1.165, 1.54) is 0 Å². The van der Waals surface area contributed by atoms with Gasteiger partial charge in [0.2, 0.25) is 5.91 Å². The van der Waals surface area contributed by atoms with E-state index in [1.807, 2.05) is 11.9 Å². The minimum absolute atomic E-state index is 0.155. The van der Waals surface area contributed by atoms with E-state index < -0.39 is 0 Å². The van der Waals surface area contributed by atoms with Gasteiger partial charge in [0.15, 0.2) is 0 Å². The Hall–Kier alpha value is -0.180. The van der Waals surface area contributed by atoms with Crippen molar-refractivity contribution in [3.05, 3.63) is 0 Å². The van der Waals surface area contributed by atoms with E-state index in [2.05, 4.69) is 53.6 Å². The van der Waals surface area contributed by atoms with Crippen LogP contribution in [0.4, 0.5) is 0 Å². The molecule has 0 aromatic rings. The largest absolute Gasteiger partial charge is 0.344 e. The van der Waals surface area contributed by atoms with Crippen LogP contribution in [0.15, 0.2) is 0 Å². The van der Waals surface area contributed by atoms with Crippen LogP contribution in [-0.2, 0) is 4.79 Å². The molecule has 0 aliphatic carbocycles. The molecule has 1 aliphatic rings. The molecule has 0 saturated carbocycles. The predicted molar refractivity (Wildman–Crippen MR) is 84.0 cm³/mol. The highest BCUT2D eigenvalue weighted by molar-refractivity contribution is 7.13. The maximum absolute atomic E-state index is 12.3. The number of piperazine rings is 1. The van der Waals surface area contributed by atoms with Crippen molar-refractivity contribution in [2.24, 2.45) is 5.41 Å². The first kappa shape index (κ1) is 16.9. The van der Waals surface area contributed by atoms with Crippen molar-refractivity contribution in [1.82, 2.24) is 14.5 Å². The van der Waals surface area contributed by atoms with Crippen LogP contribution in [-0.4, -0.2) is 65.7 Å². The fourth-order valence-corrected chi connectivity index (χ4v) is 2.94. The first-order chi connectivity index (χ1) is 8.60. The Morgan fingerprint density at radius 2 is 1.84 bits per heavy atom. The second-order valence-corrected chi connectivity index (χ2v) is 7.80. The molecule has 1 unspecified atom stereocenters. The number of amides is 1. The van der Waals surface area contributed by atoms with Crippen molar-refractivity contribution in [2.75, 3.05) is 33.2 Å². The summed E-state index contributed by atoms with van der Waals surface area (Å²) in [6, 6.07) is 0.919. The summed E-state index contributed by atoms with van der Waals surface area (Å²) in [4.78, 5) is 16.5. The van der Waals surface area contributed by atoms with Crippen LogP contribution in [0, 0.1) is 5.41 Å². The summed E-state index contributed by atoms with van der Waals surface area (Å²) in [6.45, 7) is 14.2. The molecule has 0 aromatic carbocycles. The molecule has 19 heavy (non-hydrogen) atoms. The lowest BCUT2D eigenvalue weighted by atomic mass is 9.96. The lowest BCUT2D eigenvalue weighted by Gasteiger charge is -2.42. The zero-order valence-corrected chi connectivity index (χ0v) is 14.5. The van der Waals surface area contributed by atoms with Gasteiger partial charge in [0, 0.05) is 38.8 Å². The van der Waals surface area contributed by atoms with Gasteiger partial charge in [0.05, 0.1) is 6.54 Å². The van der Waals surface area contributed by atoms with Gasteiger partial charge in [-0.05, 0) is 19.3 Å². The second-order valence-electron chi connectivity index (χ2n) is 7.13. The zero-order valence-electron chi connectivity index (χ0n) is 13.3. The number of rotatable bonds is 3. The average Bonchev–Trinajstić information content (AvgIpc) is 2.23. The van der Waals surface area contributed by atoms with Gasteiger partial charge in [0.25, 0.3) is 0 Å². The summed E-state index contributed by atoms with van der Waals surface area (Å²) in [5.74, 6) is 0.228. The third-order valence-electron chi connectivity index (χ3n) is 3.64. The van der Waals surface area contributed by atoms with Crippen LogP contribution in [0.3, 0.4) is 0 Å². The Balaban J connectivity index is 2.52. The fraction of sp³-hybridized carbons (Fsp3) is 0.929. The van der Waals surface area contributed by atoms with Gasteiger partial charge in [-0.25, -0.2) is 0 Å². The first-order valence-corrected chi connectivity index (χ1v) is 7.61. The number of hydrogen-bond donors (Lipinski definition) is 0. The topological polar surface area (TPSA) is 26.8 Å². The molecule has 112 valence electrons.